The molecule has 1 heterocycles. The van der Waals surface area contributed by atoms with Gasteiger partial charge < -0.3 is 5.32 Å². The van der Waals surface area contributed by atoms with E-state index >= 15 is 0 Å². The number of hydrogen-bond acceptors (Lipinski definition) is 2. The first-order valence-electron chi connectivity index (χ1n) is 5.18. The van der Waals surface area contributed by atoms with E-state index in [4.69, 9.17) is 11.6 Å². The third-order valence-corrected chi connectivity index (χ3v) is 3.80. The maximum Gasteiger partial charge on any atom is 0.0583 e. The van der Waals surface area contributed by atoms with Gasteiger partial charge in [-0.1, -0.05) is 23.7 Å². The van der Waals surface area contributed by atoms with Crippen molar-refractivity contribution in [3.05, 3.63) is 56.7 Å². The topological polar surface area (TPSA) is 12.0 Å². The molecule has 1 atom stereocenters. The maximum atomic E-state index is 6.15. The van der Waals surface area contributed by atoms with E-state index in [0.29, 0.717) is 0 Å². The normalized spacial score (nSPS) is 12.7. The van der Waals surface area contributed by atoms with E-state index in [-0.39, 0.29) is 6.04 Å². The monoisotopic (exact) mass is 251 g/mol. The molecule has 0 bridgehead atoms. The molecule has 3 heteroatoms. The lowest BCUT2D eigenvalue weighted by molar-refractivity contribution is 0.694. The summed E-state index contributed by atoms with van der Waals surface area (Å²) in [4.78, 5) is 0. The Morgan fingerprint density at radius 1 is 1.25 bits per heavy atom. The Labute approximate surface area is 105 Å². The van der Waals surface area contributed by atoms with Gasteiger partial charge in [-0.2, -0.15) is 11.3 Å². The zero-order valence-corrected chi connectivity index (χ0v) is 10.9. The SMILES string of the molecule is CNC(c1ccsc1)c1ccc(C)c(Cl)c1. The number of rotatable bonds is 3. The summed E-state index contributed by atoms with van der Waals surface area (Å²) in [5, 5.41) is 8.40. The van der Waals surface area contributed by atoms with Crippen LogP contribution in [0.3, 0.4) is 0 Å². The van der Waals surface area contributed by atoms with Crippen molar-refractivity contribution in [3.8, 4) is 0 Å². The van der Waals surface area contributed by atoms with Crippen molar-refractivity contribution < 1.29 is 0 Å². The van der Waals surface area contributed by atoms with Crippen LogP contribution in [0, 0.1) is 6.92 Å². The van der Waals surface area contributed by atoms with Gasteiger partial charge in [0.1, 0.15) is 0 Å². The van der Waals surface area contributed by atoms with Gasteiger partial charge in [0, 0.05) is 5.02 Å². The first kappa shape index (κ1) is 11.6. The largest absolute Gasteiger partial charge is 0.309 e. The minimum Gasteiger partial charge on any atom is -0.309 e. The van der Waals surface area contributed by atoms with E-state index in [1.807, 2.05) is 20.0 Å². The lowest BCUT2D eigenvalue weighted by Gasteiger charge is -2.16. The molecule has 0 aliphatic rings. The molecule has 0 fully saturated rings. The Morgan fingerprint density at radius 3 is 2.62 bits per heavy atom. The highest BCUT2D eigenvalue weighted by Crippen LogP contribution is 2.27. The van der Waals surface area contributed by atoms with Gasteiger partial charge in [0.15, 0.2) is 0 Å². The van der Waals surface area contributed by atoms with Crippen LogP contribution in [0.25, 0.3) is 0 Å². The van der Waals surface area contributed by atoms with Crippen molar-refractivity contribution in [3.63, 3.8) is 0 Å². The highest BCUT2D eigenvalue weighted by atomic mass is 35.5. The van der Waals surface area contributed by atoms with Crippen LogP contribution in [0.5, 0.6) is 0 Å². The molecular formula is C13H14ClNS. The smallest absolute Gasteiger partial charge is 0.0583 e. The molecule has 1 unspecified atom stereocenters. The Balaban J connectivity index is 2.37. The molecule has 1 nitrogen and oxygen atoms in total. The van der Waals surface area contributed by atoms with E-state index in [2.05, 4.69) is 34.3 Å². The highest BCUT2D eigenvalue weighted by Gasteiger charge is 2.12. The third-order valence-electron chi connectivity index (χ3n) is 2.69. The van der Waals surface area contributed by atoms with E-state index in [0.717, 1.165) is 10.6 Å². The first-order valence-corrected chi connectivity index (χ1v) is 6.50. The zero-order valence-electron chi connectivity index (χ0n) is 9.33. The third kappa shape index (κ3) is 2.29. The Bertz CT molecular complexity index is 465. The first-order chi connectivity index (χ1) is 7.72. The van der Waals surface area contributed by atoms with Crippen LogP contribution in [0.2, 0.25) is 5.02 Å². The fourth-order valence-electron chi connectivity index (χ4n) is 1.75. The van der Waals surface area contributed by atoms with Crippen molar-refractivity contribution in [2.75, 3.05) is 7.05 Å². The minimum atomic E-state index is 0.226. The van der Waals surface area contributed by atoms with Crippen molar-refractivity contribution in [2.45, 2.75) is 13.0 Å². The van der Waals surface area contributed by atoms with Crippen molar-refractivity contribution in [2.24, 2.45) is 0 Å². The Hall–Kier alpha value is -0.830. The molecule has 0 amide bonds. The van der Waals surface area contributed by atoms with Crippen LogP contribution in [0.1, 0.15) is 22.7 Å². The summed E-state index contributed by atoms with van der Waals surface area (Å²) in [5.41, 5.74) is 3.61. The van der Waals surface area contributed by atoms with Gasteiger partial charge >= 0.3 is 0 Å². The molecule has 1 N–H and O–H groups in total. The van der Waals surface area contributed by atoms with Gasteiger partial charge in [-0.3, -0.25) is 0 Å². The molecule has 1 aromatic heterocycles. The van der Waals surface area contributed by atoms with Crippen LogP contribution in [-0.2, 0) is 0 Å². The van der Waals surface area contributed by atoms with Crippen molar-refractivity contribution in [1.29, 1.82) is 0 Å². The molecule has 0 aliphatic carbocycles. The quantitative estimate of drug-likeness (QED) is 0.869. The molecule has 0 spiro atoms. The molecule has 2 aromatic rings. The molecule has 1 aromatic carbocycles. The van der Waals surface area contributed by atoms with Gasteiger partial charge in [0.2, 0.25) is 0 Å². The highest BCUT2D eigenvalue weighted by molar-refractivity contribution is 7.08. The number of thiophene rings is 1. The van der Waals surface area contributed by atoms with Gasteiger partial charge in [0.25, 0.3) is 0 Å². The zero-order chi connectivity index (χ0) is 11.5. The number of halogens is 1. The number of hydrogen-bond donors (Lipinski definition) is 1. The summed E-state index contributed by atoms with van der Waals surface area (Å²) in [6, 6.07) is 8.59. The van der Waals surface area contributed by atoms with Gasteiger partial charge in [-0.25, -0.2) is 0 Å². The summed E-state index contributed by atoms with van der Waals surface area (Å²) < 4.78 is 0. The van der Waals surface area contributed by atoms with Crippen molar-refractivity contribution in [1.82, 2.24) is 5.32 Å². The van der Waals surface area contributed by atoms with Crippen LogP contribution >= 0.6 is 22.9 Å². The number of aryl methyl sites for hydroxylation is 1. The molecular weight excluding hydrogens is 238 g/mol. The summed E-state index contributed by atoms with van der Waals surface area (Å²) in [5.74, 6) is 0. The van der Waals surface area contributed by atoms with Gasteiger partial charge in [-0.05, 0) is 53.6 Å². The molecule has 16 heavy (non-hydrogen) atoms. The lowest BCUT2D eigenvalue weighted by Crippen LogP contribution is -2.16. The summed E-state index contributed by atoms with van der Waals surface area (Å²) in [6.07, 6.45) is 0. The number of benzene rings is 1. The van der Waals surface area contributed by atoms with Gasteiger partial charge in [-0.15, -0.1) is 0 Å². The second-order valence-corrected chi connectivity index (χ2v) is 4.97. The molecule has 0 radical (unpaired) electrons. The van der Waals surface area contributed by atoms with Crippen LogP contribution in [0.15, 0.2) is 35.0 Å². The average molecular weight is 252 g/mol. The summed E-state index contributed by atoms with van der Waals surface area (Å²) in [6.45, 7) is 2.02. The summed E-state index contributed by atoms with van der Waals surface area (Å²) >= 11 is 7.86. The average Bonchev–Trinajstić information content (AvgIpc) is 2.78. The Morgan fingerprint density at radius 2 is 2.06 bits per heavy atom. The van der Waals surface area contributed by atoms with E-state index in [1.165, 1.54) is 11.1 Å². The maximum absolute atomic E-state index is 6.15. The summed E-state index contributed by atoms with van der Waals surface area (Å²) in [7, 11) is 1.97. The number of nitrogens with one attached hydrogen (secondary N) is 1. The standard InChI is InChI=1S/C13H14ClNS/c1-9-3-4-10(7-12(9)14)13(15-2)11-5-6-16-8-11/h3-8,13,15H,1-2H3. The van der Waals surface area contributed by atoms with Crippen molar-refractivity contribution >= 4 is 22.9 Å². The fourth-order valence-corrected chi connectivity index (χ4v) is 2.63. The van der Waals surface area contributed by atoms with E-state index in [9.17, 15) is 0 Å². The molecule has 0 aliphatic heterocycles. The van der Waals surface area contributed by atoms with Crippen LogP contribution < -0.4 is 5.32 Å². The molecule has 0 saturated heterocycles. The molecule has 0 saturated carbocycles. The predicted octanol–water partition coefficient (Wildman–Crippen LogP) is 4.02. The van der Waals surface area contributed by atoms with Crippen LogP contribution in [0.4, 0.5) is 0 Å². The molecule has 84 valence electrons. The minimum absolute atomic E-state index is 0.226. The predicted molar refractivity (Wildman–Crippen MR) is 71.4 cm³/mol. The van der Waals surface area contributed by atoms with Crippen LogP contribution in [-0.4, -0.2) is 7.05 Å². The van der Waals surface area contributed by atoms with Gasteiger partial charge in [0.05, 0.1) is 6.04 Å². The Kier molecular flexibility index (Phi) is 3.64. The molecule has 2 rings (SSSR count). The van der Waals surface area contributed by atoms with E-state index in [1.54, 1.807) is 11.3 Å². The lowest BCUT2D eigenvalue weighted by atomic mass is 10.0. The fraction of sp³-hybridized carbons (Fsp3) is 0.231. The second kappa shape index (κ2) is 5.00. The van der Waals surface area contributed by atoms with E-state index < -0.39 is 0 Å². The second-order valence-electron chi connectivity index (χ2n) is 3.79.